The van der Waals surface area contributed by atoms with Crippen LogP contribution < -0.4 is 10.1 Å². The maximum absolute atomic E-state index is 12.5. The van der Waals surface area contributed by atoms with Crippen molar-refractivity contribution in [2.45, 2.75) is 59.2 Å². The predicted octanol–water partition coefficient (Wildman–Crippen LogP) is 2.46. The molecule has 0 spiro atoms. The first-order chi connectivity index (χ1) is 10.7. The molecule has 1 unspecified atom stereocenters. The first-order valence-corrected chi connectivity index (χ1v) is 7.56. The number of rotatable bonds is 3. The fourth-order valence-corrected chi connectivity index (χ4v) is 2.28. The average molecular weight is 321 g/mol. The van der Waals surface area contributed by atoms with Gasteiger partial charge in [0.2, 0.25) is 6.10 Å². The van der Waals surface area contributed by atoms with Gasteiger partial charge in [0.15, 0.2) is 6.29 Å². The average Bonchev–Trinajstić information content (AvgIpc) is 2.42. The molecule has 23 heavy (non-hydrogen) atoms. The molecule has 0 bridgehead atoms. The molecule has 6 nitrogen and oxygen atoms in total. The standard InChI is InChI=1S/C17H23NO5/c1-10(19)22-15(16(20)18-17(3,4)5)12-6-7-14-13(8-12)9-21-11(2)23-14/h6-8,11,15H,9H2,1-5H3,(H,18,20)/t11?,15-/m1/s1. The molecular formula is C17H23NO5. The Hall–Kier alpha value is -2.08. The summed E-state index contributed by atoms with van der Waals surface area (Å²) in [7, 11) is 0. The van der Waals surface area contributed by atoms with Gasteiger partial charge in [-0.1, -0.05) is 6.07 Å². The third-order valence-corrected chi connectivity index (χ3v) is 3.17. The summed E-state index contributed by atoms with van der Waals surface area (Å²) in [6, 6.07) is 5.27. The van der Waals surface area contributed by atoms with Crippen molar-refractivity contribution in [1.82, 2.24) is 5.32 Å². The van der Waals surface area contributed by atoms with E-state index in [-0.39, 0.29) is 12.2 Å². The smallest absolute Gasteiger partial charge is 0.303 e. The minimum Gasteiger partial charge on any atom is -0.465 e. The van der Waals surface area contributed by atoms with Crippen LogP contribution in [-0.2, 0) is 25.7 Å². The Bertz CT molecular complexity index is 605. The van der Waals surface area contributed by atoms with E-state index in [2.05, 4.69) is 5.32 Å². The number of ether oxygens (including phenoxy) is 3. The lowest BCUT2D eigenvalue weighted by Crippen LogP contribution is -2.44. The molecule has 0 aliphatic carbocycles. The third-order valence-electron chi connectivity index (χ3n) is 3.17. The zero-order valence-corrected chi connectivity index (χ0v) is 14.1. The summed E-state index contributed by atoms with van der Waals surface area (Å²) >= 11 is 0. The number of hydrogen-bond acceptors (Lipinski definition) is 5. The van der Waals surface area contributed by atoms with Crippen LogP contribution in [0.2, 0.25) is 0 Å². The Morgan fingerprint density at radius 1 is 1.35 bits per heavy atom. The minimum absolute atomic E-state index is 0.304. The molecule has 1 amide bonds. The van der Waals surface area contributed by atoms with E-state index in [4.69, 9.17) is 14.2 Å². The van der Waals surface area contributed by atoms with Crippen LogP contribution >= 0.6 is 0 Å². The van der Waals surface area contributed by atoms with Crippen molar-refractivity contribution in [2.24, 2.45) is 0 Å². The molecule has 6 heteroatoms. The van der Waals surface area contributed by atoms with Crippen LogP contribution in [0.5, 0.6) is 5.75 Å². The normalized spacial score (nSPS) is 18.4. The number of carbonyl (C=O) groups excluding carboxylic acids is 2. The SMILES string of the molecule is CC(=O)O[C@@H](C(=O)NC(C)(C)C)c1ccc2c(c1)COC(C)O2. The highest BCUT2D eigenvalue weighted by Gasteiger charge is 2.28. The van der Waals surface area contributed by atoms with Crippen molar-refractivity contribution in [2.75, 3.05) is 0 Å². The van der Waals surface area contributed by atoms with Gasteiger partial charge in [0.05, 0.1) is 6.61 Å². The van der Waals surface area contributed by atoms with Crippen LogP contribution in [0.25, 0.3) is 0 Å². The molecule has 1 aliphatic heterocycles. The maximum Gasteiger partial charge on any atom is 0.303 e. The van der Waals surface area contributed by atoms with E-state index in [9.17, 15) is 9.59 Å². The van der Waals surface area contributed by atoms with Crippen molar-refractivity contribution in [3.8, 4) is 5.75 Å². The van der Waals surface area contributed by atoms with Gasteiger partial charge in [0, 0.05) is 23.6 Å². The number of hydrogen-bond donors (Lipinski definition) is 1. The third kappa shape index (κ3) is 4.69. The number of nitrogens with one attached hydrogen (secondary N) is 1. The van der Waals surface area contributed by atoms with Gasteiger partial charge < -0.3 is 19.5 Å². The van der Waals surface area contributed by atoms with Crippen LogP contribution in [-0.4, -0.2) is 23.7 Å². The zero-order chi connectivity index (χ0) is 17.2. The summed E-state index contributed by atoms with van der Waals surface area (Å²) in [4.78, 5) is 23.8. The quantitative estimate of drug-likeness (QED) is 0.866. The van der Waals surface area contributed by atoms with Gasteiger partial charge in [0.25, 0.3) is 5.91 Å². The number of amides is 1. The van der Waals surface area contributed by atoms with Crippen LogP contribution in [0.15, 0.2) is 18.2 Å². The molecule has 1 aliphatic rings. The van der Waals surface area contributed by atoms with Crippen molar-refractivity contribution in [3.05, 3.63) is 29.3 Å². The monoisotopic (exact) mass is 321 g/mol. The highest BCUT2D eigenvalue weighted by atomic mass is 16.7. The van der Waals surface area contributed by atoms with Crippen LogP contribution in [0, 0.1) is 0 Å². The molecule has 0 saturated carbocycles. The van der Waals surface area contributed by atoms with Gasteiger partial charge >= 0.3 is 5.97 Å². The molecule has 0 radical (unpaired) electrons. The van der Waals surface area contributed by atoms with E-state index in [1.807, 2.05) is 27.7 Å². The molecule has 126 valence electrons. The van der Waals surface area contributed by atoms with Gasteiger partial charge in [-0.25, -0.2) is 0 Å². The Balaban J connectivity index is 2.29. The number of carbonyl (C=O) groups is 2. The highest BCUT2D eigenvalue weighted by Crippen LogP contribution is 2.30. The van der Waals surface area contributed by atoms with Crippen molar-refractivity contribution in [3.63, 3.8) is 0 Å². The lowest BCUT2D eigenvalue weighted by molar-refractivity contribution is -0.155. The van der Waals surface area contributed by atoms with E-state index in [1.54, 1.807) is 18.2 Å². The van der Waals surface area contributed by atoms with Gasteiger partial charge in [-0.05, 0) is 39.8 Å². The zero-order valence-electron chi connectivity index (χ0n) is 14.1. The van der Waals surface area contributed by atoms with E-state index in [0.29, 0.717) is 17.9 Å². The van der Waals surface area contributed by atoms with Gasteiger partial charge in [-0.15, -0.1) is 0 Å². The first-order valence-electron chi connectivity index (χ1n) is 7.56. The Labute approximate surface area is 136 Å². The molecule has 0 aromatic heterocycles. The first kappa shape index (κ1) is 17.3. The summed E-state index contributed by atoms with van der Waals surface area (Å²) in [6.45, 7) is 9.08. The molecule has 1 heterocycles. The van der Waals surface area contributed by atoms with Crippen LogP contribution in [0.3, 0.4) is 0 Å². The lowest BCUT2D eigenvalue weighted by atomic mass is 10.0. The summed E-state index contributed by atoms with van der Waals surface area (Å²) in [5.41, 5.74) is 0.981. The summed E-state index contributed by atoms with van der Waals surface area (Å²) in [5, 5.41) is 2.83. The van der Waals surface area contributed by atoms with Crippen molar-refractivity contribution in [1.29, 1.82) is 0 Å². The van der Waals surface area contributed by atoms with E-state index in [0.717, 1.165) is 5.56 Å². The Morgan fingerprint density at radius 3 is 2.65 bits per heavy atom. The van der Waals surface area contributed by atoms with Crippen LogP contribution in [0.4, 0.5) is 0 Å². The Morgan fingerprint density at radius 2 is 2.04 bits per heavy atom. The predicted molar refractivity (Wildman–Crippen MR) is 83.7 cm³/mol. The molecule has 0 saturated heterocycles. The van der Waals surface area contributed by atoms with Crippen molar-refractivity contribution < 1.29 is 23.8 Å². The second-order valence-electron chi connectivity index (χ2n) is 6.59. The van der Waals surface area contributed by atoms with E-state index >= 15 is 0 Å². The largest absolute Gasteiger partial charge is 0.465 e. The summed E-state index contributed by atoms with van der Waals surface area (Å²) in [6.07, 6.45) is -1.31. The van der Waals surface area contributed by atoms with Crippen LogP contribution in [0.1, 0.15) is 51.8 Å². The molecule has 1 aromatic rings. The second-order valence-corrected chi connectivity index (χ2v) is 6.59. The van der Waals surface area contributed by atoms with Gasteiger partial charge in [-0.3, -0.25) is 9.59 Å². The molecule has 1 aromatic carbocycles. The molecule has 1 N–H and O–H groups in total. The second kappa shape index (κ2) is 6.58. The molecule has 2 rings (SSSR count). The number of benzene rings is 1. The molecule has 2 atom stereocenters. The topological polar surface area (TPSA) is 73.9 Å². The molecule has 0 fully saturated rings. The molecular weight excluding hydrogens is 298 g/mol. The Kier molecular flexibility index (Phi) is 4.94. The fraction of sp³-hybridized carbons (Fsp3) is 0.529. The van der Waals surface area contributed by atoms with E-state index in [1.165, 1.54) is 6.92 Å². The minimum atomic E-state index is -1.00. The number of fused-ring (bicyclic) bond motifs is 1. The number of esters is 1. The van der Waals surface area contributed by atoms with Gasteiger partial charge in [-0.2, -0.15) is 0 Å². The van der Waals surface area contributed by atoms with E-state index < -0.39 is 17.6 Å². The van der Waals surface area contributed by atoms with Gasteiger partial charge in [0.1, 0.15) is 5.75 Å². The summed E-state index contributed by atoms with van der Waals surface area (Å²) in [5.74, 6) is -0.165. The highest BCUT2D eigenvalue weighted by molar-refractivity contribution is 5.85. The maximum atomic E-state index is 12.5. The van der Waals surface area contributed by atoms with Crippen molar-refractivity contribution >= 4 is 11.9 Å². The fourth-order valence-electron chi connectivity index (χ4n) is 2.28. The summed E-state index contributed by atoms with van der Waals surface area (Å²) < 4.78 is 16.2. The lowest BCUT2D eigenvalue weighted by Gasteiger charge is -2.27.